The zero-order chi connectivity index (χ0) is 14.8. The van der Waals surface area contributed by atoms with E-state index in [1.807, 2.05) is 13.8 Å². The van der Waals surface area contributed by atoms with E-state index in [9.17, 15) is 9.59 Å². The minimum absolute atomic E-state index is 0.0999. The van der Waals surface area contributed by atoms with Gasteiger partial charge in [0.05, 0.1) is 5.88 Å². The minimum atomic E-state index is -0.936. The molecule has 0 aromatic heterocycles. The van der Waals surface area contributed by atoms with Gasteiger partial charge in [-0.25, -0.2) is 9.59 Å². The second-order valence-corrected chi connectivity index (χ2v) is 7.87. The Labute approximate surface area is 119 Å². The lowest BCUT2D eigenvalue weighted by atomic mass is 9.82. The van der Waals surface area contributed by atoms with Crippen LogP contribution in [0.1, 0.15) is 41.0 Å². The summed E-state index contributed by atoms with van der Waals surface area (Å²) in [5.41, 5.74) is -0.256. The predicted molar refractivity (Wildman–Crippen MR) is 77.3 cm³/mol. The van der Waals surface area contributed by atoms with Gasteiger partial charge in [-0.15, -0.1) is 11.8 Å². The zero-order valence-electron chi connectivity index (χ0n) is 12.3. The highest BCUT2D eigenvalue weighted by atomic mass is 32.2. The van der Waals surface area contributed by atoms with Gasteiger partial charge in [0, 0.05) is 11.3 Å². The molecule has 1 aliphatic rings. The molecule has 1 aliphatic heterocycles. The molecule has 0 spiro atoms. The van der Waals surface area contributed by atoms with Crippen LogP contribution in [0, 0.1) is 5.41 Å². The number of hydrogen-bond donors (Lipinski definition) is 2. The average molecular weight is 288 g/mol. The van der Waals surface area contributed by atoms with Crippen LogP contribution in [0.25, 0.3) is 0 Å². The van der Waals surface area contributed by atoms with Crippen LogP contribution >= 0.6 is 11.8 Å². The molecule has 0 aromatic carbocycles. The molecule has 6 heteroatoms. The Hall–Kier alpha value is -0.910. The highest BCUT2D eigenvalue weighted by Crippen LogP contribution is 2.28. The number of urea groups is 1. The fourth-order valence-electron chi connectivity index (χ4n) is 2.58. The fourth-order valence-corrected chi connectivity index (χ4v) is 3.72. The maximum absolute atomic E-state index is 12.2. The van der Waals surface area contributed by atoms with E-state index < -0.39 is 12.0 Å². The first-order valence-electron chi connectivity index (χ1n) is 6.41. The molecular formula is C13H24N2O3S. The number of nitrogens with zero attached hydrogens (tertiary/aromatic N) is 1. The van der Waals surface area contributed by atoms with Crippen molar-refractivity contribution in [2.24, 2.45) is 5.41 Å². The van der Waals surface area contributed by atoms with E-state index in [-0.39, 0.29) is 17.0 Å². The van der Waals surface area contributed by atoms with Gasteiger partial charge >= 0.3 is 12.0 Å². The number of rotatable bonds is 3. The molecule has 2 amide bonds. The van der Waals surface area contributed by atoms with E-state index in [0.29, 0.717) is 11.6 Å². The average Bonchev–Trinajstić information content (AvgIpc) is 2.59. The van der Waals surface area contributed by atoms with Crippen molar-refractivity contribution >= 4 is 23.8 Å². The molecule has 0 aliphatic carbocycles. The smallest absolute Gasteiger partial charge is 0.327 e. The molecule has 2 N–H and O–H groups in total. The van der Waals surface area contributed by atoms with Crippen molar-refractivity contribution in [1.82, 2.24) is 10.2 Å². The van der Waals surface area contributed by atoms with E-state index in [2.05, 4.69) is 26.1 Å². The van der Waals surface area contributed by atoms with Crippen molar-refractivity contribution in [3.05, 3.63) is 0 Å². The summed E-state index contributed by atoms with van der Waals surface area (Å²) >= 11 is 1.47. The lowest BCUT2D eigenvalue weighted by molar-refractivity contribution is -0.140. The molecule has 19 heavy (non-hydrogen) atoms. The molecular weight excluding hydrogens is 264 g/mol. The molecule has 1 fully saturated rings. The number of amides is 2. The molecule has 0 radical (unpaired) electrons. The Morgan fingerprint density at radius 3 is 2.37 bits per heavy atom. The van der Waals surface area contributed by atoms with Crippen LogP contribution in [-0.4, -0.2) is 45.2 Å². The molecule has 1 heterocycles. The highest BCUT2D eigenvalue weighted by Gasteiger charge is 2.37. The van der Waals surface area contributed by atoms with Gasteiger partial charge in [-0.3, -0.25) is 0 Å². The summed E-state index contributed by atoms with van der Waals surface area (Å²) in [7, 11) is 0. The number of hydrogen-bond acceptors (Lipinski definition) is 3. The molecule has 1 saturated heterocycles. The maximum Gasteiger partial charge on any atom is 0.327 e. The summed E-state index contributed by atoms with van der Waals surface area (Å²) in [6.07, 6.45) is 0.824. The topological polar surface area (TPSA) is 69.6 Å². The third-order valence-electron chi connectivity index (χ3n) is 2.85. The monoisotopic (exact) mass is 288 g/mol. The molecule has 1 rings (SSSR count). The van der Waals surface area contributed by atoms with Crippen LogP contribution in [0.2, 0.25) is 0 Å². The first-order chi connectivity index (χ1) is 8.52. The minimum Gasteiger partial charge on any atom is -0.480 e. The maximum atomic E-state index is 12.2. The van der Waals surface area contributed by atoms with Gasteiger partial charge in [0.1, 0.15) is 6.04 Å². The van der Waals surface area contributed by atoms with E-state index in [0.717, 1.165) is 6.42 Å². The summed E-state index contributed by atoms with van der Waals surface area (Å²) in [5, 5.41) is 12.0. The normalized spacial score (nSPS) is 20.5. The van der Waals surface area contributed by atoms with E-state index in [1.54, 1.807) is 0 Å². The van der Waals surface area contributed by atoms with E-state index >= 15 is 0 Å². The summed E-state index contributed by atoms with van der Waals surface area (Å²) in [6.45, 7) is 10.3. The van der Waals surface area contributed by atoms with Crippen molar-refractivity contribution < 1.29 is 14.7 Å². The summed E-state index contributed by atoms with van der Waals surface area (Å²) in [4.78, 5) is 24.7. The second-order valence-electron chi connectivity index (χ2n) is 6.88. The lowest BCUT2D eigenvalue weighted by Gasteiger charge is -2.35. The molecule has 1 atom stereocenters. The van der Waals surface area contributed by atoms with Crippen molar-refractivity contribution in [3.8, 4) is 0 Å². The summed E-state index contributed by atoms with van der Waals surface area (Å²) in [6, 6.07) is -0.998. The first kappa shape index (κ1) is 16.1. The van der Waals surface area contributed by atoms with Crippen molar-refractivity contribution in [2.45, 2.75) is 52.6 Å². The highest BCUT2D eigenvalue weighted by molar-refractivity contribution is 7.99. The van der Waals surface area contributed by atoms with Gasteiger partial charge in [-0.05, 0) is 25.7 Å². The standard InChI is InChI=1S/C13H24N2O3S/c1-12(2,3)7-13(4,5)14-11(18)15-8-19-6-9(15)10(16)17/h9H,6-8H2,1-5H3,(H,14,18)(H,16,17). The Balaban J connectivity index is 2.66. The molecule has 0 aromatic rings. The number of thioether (sulfide) groups is 1. The molecule has 1 unspecified atom stereocenters. The number of carboxylic acid groups (broad SMARTS) is 1. The number of carbonyl (C=O) groups is 2. The second kappa shape index (κ2) is 5.61. The van der Waals surface area contributed by atoms with Crippen LogP contribution in [-0.2, 0) is 4.79 Å². The lowest BCUT2D eigenvalue weighted by Crippen LogP contribution is -2.54. The van der Waals surface area contributed by atoms with Gasteiger partial charge in [0.25, 0.3) is 0 Å². The van der Waals surface area contributed by atoms with Crippen molar-refractivity contribution in [2.75, 3.05) is 11.6 Å². The Kier molecular flexibility index (Phi) is 4.76. The third-order valence-corrected chi connectivity index (χ3v) is 3.86. The van der Waals surface area contributed by atoms with Crippen LogP contribution in [0.5, 0.6) is 0 Å². The quantitative estimate of drug-likeness (QED) is 0.836. The van der Waals surface area contributed by atoms with E-state index in [4.69, 9.17) is 5.11 Å². The fraction of sp³-hybridized carbons (Fsp3) is 0.846. The van der Waals surface area contributed by atoms with Gasteiger partial charge in [0.2, 0.25) is 0 Å². The van der Waals surface area contributed by atoms with E-state index in [1.165, 1.54) is 16.7 Å². The number of carboxylic acids is 1. The van der Waals surface area contributed by atoms with Gasteiger partial charge in [0.15, 0.2) is 0 Å². The van der Waals surface area contributed by atoms with Crippen molar-refractivity contribution in [1.29, 1.82) is 0 Å². The molecule has 110 valence electrons. The molecule has 0 saturated carbocycles. The van der Waals surface area contributed by atoms with Crippen LogP contribution < -0.4 is 5.32 Å². The Morgan fingerprint density at radius 1 is 1.32 bits per heavy atom. The third kappa shape index (κ3) is 4.93. The van der Waals surface area contributed by atoms with Gasteiger partial charge in [-0.1, -0.05) is 20.8 Å². The number of nitrogens with one attached hydrogen (secondary N) is 1. The van der Waals surface area contributed by atoms with Crippen LogP contribution in [0.4, 0.5) is 4.79 Å². The SMILES string of the molecule is CC(C)(C)CC(C)(C)NC(=O)N1CSCC1C(=O)O. The number of carbonyl (C=O) groups excluding carboxylic acids is 1. The Bertz CT molecular complexity index is 363. The van der Waals surface area contributed by atoms with Crippen molar-refractivity contribution in [3.63, 3.8) is 0 Å². The Morgan fingerprint density at radius 2 is 1.89 bits per heavy atom. The number of aliphatic carboxylic acids is 1. The van der Waals surface area contributed by atoms with Crippen LogP contribution in [0.15, 0.2) is 0 Å². The van der Waals surface area contributed by atoms with Crippen LogP contribution in [0.3, 0.4) is 0 Å². The summed E-state index contributed by atoms with van der Waals surface area (Å²) < 4.78 is 0. The van der Waals surface area contributed by atoms with Gasteiger partial charge in [-0.2, -0.15) is 0 Å². The zero-order valence-corrected chi connectivity index (χ0v) is 13.1. The van der Waals surface area contributed by atoms with Gasteiger partial charge < -0.3 is 15.3 Å². The first-order valence-corrected chi connectivity index (χ1v) is 7.57. The summed E-state index contributed by atoms with van der Waals surface area (Å²) in [5.74, 6) is -0.0367. The molecule has 5 nitrogen and oxygen atoms in total. The molecule has 0 bridgehead atoms. The largest absolute Gasteiger partial charge is 0.480 e. The predicted octanol–water partition coefficient (Wildman–Crippen LogP) is 2.37.